The highest BCUT2D eigenvalue weighted by Gasteiger charge is 2.15. The summed E-state index contributed by atoms with van der Waals surface area (Å²) in [5.74, 6) is -1.42. The number of aliphatic hydroxyl groups excluding tert-OH is 1. The van der Waals surface area contributed by atoms with Crippen LogP contribution >= 0.6 is 0 Å². The smallest absolute Gasteiger partial charge is 0.308 e. The van der Waals surface area contributed by atoms with E-state index in [0.717, 1.165) is 0 Å². The Balaban J connectivity index is 1.41. The number of rotatable bonds is 10. The van der Waals surface area contributed by atoms with Gasteiger partial charge in [-0.05, 0) is 12.1 Å². The van der Waals surface area contributed by atoms with Gasteiger partial charge in [-0.25, -0.2) is 4.98 Å². The molecule has 1 amide bonds. The number of hydrogen-bond acceptors (Lipinski definition) is 7. The second-order valence-electron chi connectivity index (χ2n) is 7.09. The number of hydrogen-bond donors (Lipinski definition) is 3. The number of carbonyl (C=O) groups is 3. The summed E-state index contributed by atoms with van der Waals surface area (Å²) in [6.45, 7) is -0.478. The minimum absolute atomic E-state index is 0.00926. The van der Waals surface area contributed by atoms with Gasteiger partial charge >= 0.3 is 5.97 Å². The van der Waals surface area contributed by atoms with Crippen molar-refractivity contribution in [3.63, 3.8) is 0 Å². The number of benzene rings is 2. The fourth-order valence-electron chi connectivity index (χ4n) is 3.01. The Morgan fingerprint density at radius 2 is 1.76 bits per heavy atom. The second-order valence-corrected chi connectivity index (χ2v) is 7.09. The van der Waals surface area contributed by atoms with E-state index in [1.165, 1.54) is 0 Å². The first-order chi connectivity index (χ1) is 16.0. The number of carbonyl (C=O) groups excluding carboxylic acids is 3. The van der Waals surface area contributed by atoms with Crippen LogP contribution in [0.25, 0.3) is 16.6 Å². The average molecular weight is 446 g/mol. The molecule has 3 aromatic rings. The Morgan fingerprint density at radius 1 is 1.03 bits per heavy atom. The number of nitrogens with one attached hydrogen (secondary N) is 2. The summed E-state index contributed by atoms with van der Waals surface area (Å²) in [6, 6.07) is 17.7. The lowest BCUT2D eigenvalue weighted by molar-refractivity contribution is -0.143. The van der Waals surface area contributed by atoms with Crippen LogP contribution in [0.3, 0.4) is 0 Å². The summed E-state index contributed by atoms with van der Waals surface area (Å²) in [5.41, 5.74) is 1.74. The molecule has 0 fully saturated rings. The number of nitriles is 1. The zero-order valence-corrected chi connectivity index (χ0v) is 17.7. The minimum atomic E-state index is -0.663. The first-order valence-corrected chi connectivity index (χ1v) is 10.3. The van der Waals surface area contributed by atoms with Gasteiger partial charge in [-0.1, -0.05) is 42.5 Å². The van der Waals surface area contributed by atoms with Crippen molar-refractivity contribution in [1.82, 2.24) is 15.3 Å². The number of ether oxygens (including phenoxy) is 1. The number of fused-ring (bicyclic) bond motifs is 1. The van der Waals surface area contributed by atoms with E-state index < -0.39 is 18.3 Å². The van der Waals surface area contributed by atoms with Gasteiger partial charge in [0.2, 0.25) is 5.91 Å². The topological polar surface area (TPSA) is 145 Å². The molecule has 0 unspecified atom stereocenters. The summed E-state index contributed by atoms with van der Waals surface area (Å²) >= 11 is 0. The van der Waals surface area contributed by atoms with Crippen molar-refractivity contribution in [2.24, 2.45) is 0 Å². The number of imidazole rings is 1. The summed E-state index contributed by atoms with van der Waals surface area (Å²) in [4.78, 5) is 42.9. The summed E-state index contributed by atoms with van der Waals surface area (Å²) < 4.78 is 4.98. The number of H-pyrrole nitrogens is 1. The number of ketones is 1. The number of Topliss-reactive ketones (excluding diaryl/α,β-unsaturated/α-hetero) is 1. The van der Waals surface area contributed by atoms with Gasteiger partial charge in [-0.3, -0.25) is 14.4 Å². The van der Waals surface area contributed by atoms with E-state index in [9.17, 15) is 24.8 Å². The van der Waals surface area contributed by atoms with E-state index in [4.69, 9.17) is 4.74 Å². The first-order valence-electron chi connectivity index (χ1n) is 10.3. The standard InChI is InChI=1S/C24H22N4O5/c25-14-17(24-27-18-8-4-5-9-19(18)28-24)21(30)15-33-23(32)12-13-26-22(31)11-10-20(29)16-6-2-1-3-7-16/h1-9,30H,10-13,15H2,(H,26,31)(H,27,28)/b21-17-. The third-order valence-electron chi connectivity index (χ3n) is 4.72. The number of allylic oxidation sites excluding steroid dienone is 1. The highest BCUT2D eigenvalue weighted by molar-refractivity contribution is 5.97. The lowest BCUT2D eigenvalue weighted by Crippen LogP contribution is -2.27. The van der Waals surface area contributed by atoms with Crippen LogP contribution in [-0.2, 0) is 14.3 Å². The molecule has 9 nitrogen and oxygen atoms in total. The minimum Gasteiger partial charge on any atom is -0.507 e. The Hall–Kier alpha value is -4.45. The molecule has 1 heterocycles. The molecule has 0 aliphatic rings. The Kier molecular flexibility index (Phi) is 7.91. The average Bonchev–Trinajstić information content (AvgIpc) is 3.26. The zero-order valence-electron chi connectivity index (χ0n) is 17.7. The second kappa shape index (κ2) is 11.2. The SMILES string of the molecule is N#C/C(=C(/O)COC(=O)CCNC(=O)CCC(=O)c1ccccc1)c1nc2ccccc2[nH]1. The zero-order chi connectivity index (χ0) is 23.6. The Morgan fingerprint density at radius 3 is 2.48 bits per heavy atom. The van der Waals surface area contributed by atoms with Crippen LogP contribution in [0.5, 0.6) is 0 Å². The first kappa shape index (κ1) is 23.2. The third kappa shape index (κ3) is 6.51. The number of aromatic amines is 1. The van der Waals surface area contributed by atoms with Crippen molar-refractivity contribution >= 4 is 34.3 Å². The van der Waals surface area contributed by atoms with Crippen molar-refractivity contribution in [1.29, 1.82) is 5.26 Å². The number of nitrogens with zero attached hydrogens (tertiary/aromatic N) is 2. The summed E-state index contributed by atoms with van der Waals surface area (Å²) in [6.07, 6.45) is -0.0504. The van der Waals surface area contributed by atoms with Crippen molar-refractivity contribution < 1.29 is 24.2 Å². The van der Waals surface area contributed by atoms with E-state index in [-0.39, 0.29) is 48.9 Å². The molecule has 3 N–H and O–H groups in total. The van der Waals surface area contributed by atoms with Gasteiger partial charge in [-0.15, -0.1) is 0 Å². The van der Waals surface area contributed by atoms with E-state index in [0.29, 0.717) is 16.6 Å². The molecule has 0 radical (unpaired) electrons. The maximum absolute atomic E-state index is 12.0. The highest BCUT2D eigenvalue weighted by Crippen LogP contribution is 2.18. The van der Waals surface area contributed by atoms with E-state index in [2.05, 4.69) is 15.3 Å². The molecule has 168 valence electrons. The molecule has 0 spiro atoms. The number of esters is 1. The Labute approximate surface area is 189 Å². The van der Waals surface area contributed by atoms with Crippen molar-refractivity contribution in [2.45, 2.75) is 19.3 Å². The van der Waals surface area contributed by atoms with Crippen molar-refractivity contribution in [3.8, 4) is 6.07 Å². The molecule has 0 atom stereocenters. The van der Waals surface area contributed by atoms with Crippen molar-refractivity contribution in [3.05, 3.63) is 71.7 Å². The molecule has 3 rings (SSSR count). The van der Waals surface area contributed by atoms with Gasteiger partial charge in [0.05, 0.1) is 17.5 Å². The predicted octanol–water partition coefficient (Wildman–Crippen LogP) is 3.07. The molecule has 0 saturated carbocycles. The molecule has 0 aliphatic carbocycles. The maximum atomic E-state index is 12.0. The van der Waals surface area contributed by atoms with E-state index in [1.54, 1.807) is 48.5 Å². The van der Waals surface area contributed by atoms with Crippen LogP contribution in [0, 0.1) is 11.3 Å². The molecule has 1 aromatic heterocycles. The molecule has 0 bridgehead atoms. The monoisotopic (exact) mass is 446 g/mol. The maximum Gasteiger partial charge on any atom is 0.308 e. The summed E-state index contributed by atoms with van der Waals surface area (Å²) in [5, 5.41) is 22.1. The van der Waals surface area contributed by atoms with Crippen LogP contribution in [0.4, 0.5) is 0 Å². The van der Waals surface area contributed by atoms with Gasteiger partial charge in [-0.2, -0.15) is 5.26 Å². The molecule has 2 aromatic carbocycles. The Bertz CT molecular complexity index is 1190. The molecular weight excluding hydrogens is 424 g/mol. The van der Waals surface area contributed by atoms with Gasteiger partial charge in [0.15, 0.2) is 17.4 Å². The van der Waals surface area contributed by atoms with Crippen LogP contribution in [-0.4, -0.2) is 45.9 Å². The third-order valence-corrected chi connectivity index (χ3v) is 4.72. The van der Waals surface area contributed by atoms with Gasteiger partial charge in [0, 0.05) is 24.9 Å². The lowest BCUT2D eigenvalue weighted by Gasteiger charge is -2.07. The van der Waals surface area contributed by atoms with E-state index >= 15 is 0 Å². The summed E-state index contributed by atoms with van der Waals surface area (Å²) in [7, 11) is 0. The van der Waals surface area contributed by atoms with Crippen LogP contribution in [0.15, 0.2) is 60.4 Å². The molecule has 0 aliphatic heterocycles. The van der Waals surface area contributed by atoms with Crippen molar-refractivity contribution in [2.75, 3.05) is 13.2 Å². The fourth-order valence-corrected chi connectivity index (χ4v) is 3.01. The lowest BCUT2D eigenvalue weighted by atomic mass is 10.1. The molecule has 33 heavy (non-hydrogen) atoms. The highest BCUT2D eigenvalue weighted by atomic mass is 16.5. The molecule has 0 saturated heterocycles. The normalized spacial score (nSPS) is 11.4. The number of amides is 1. The largest absolute Gasteiger partial charge is 0.507 e. The van der Waals surface area contributed by atoms with Gasteiger partial charge in [0.25, 0.3) is 0 Å². The molecular formula is C24H22N4O5. The van der Waals surface area contributed by atoms with Gasteiger partial charge in [0.1, 0.15) is 18.2 Å². The fraction of sp³-hybridized carbons (Fsp3) is 0.208. The quantitative estimate of drug-likeness (QED) is 0.188. The predicted molar refractivity (Wildman–Crippen MR) is 120 cm³/mol. The number of para-hydroxylation sites is 2. The van der Waals surface area contributed by atoms with Crippen LogP contribution in [0.1, 0.15) is 35.4 Å². The van der Waals surface area contributed by atoms with Gasteiger partial charge < -0.3 is 20.1 Å². The van der Waals surface area contributed by atoms with Crippen LogP contribution in [0.2, 0.25) is 0 Å². The molecule has 9 heteroatoms. The van der Waals surface area contributed by atoms with E-state index in [1.807, 2.05) is 12.1 Å². The van der Waals surface area contributed by atoms with Crippen LogP contribution < -0.4 is 5.32 Å². The number of aromatic nitrogens is 2. The number of aliphatic hydroxyl groups is 1.